The zero-order chi connectivity index (χ0) is 18.8. The third-order valence-electron chi connectivity index (χ3n) is 2.79. The van der Waals surface area contributed by atoms with E-state index in [1.807, 2.05) is 38.3 Å². The third-order valence-corrected chi connectivity index (χ3v) is 3.66. The van der Waals surface area contributed by atoms with Crippen molar-refractivity contribution in [3.05, 3.63) is 46.9 Å². The summed E-state index contributed by atoms with van der Waals surface area (Å²) in [6.07, 6.45) is 11.3. The highest BCUT2D eigenvalue weighted by Crippen LogP contribution is 2.22. The Bertz CT molecular complexity index is 562. The lowest BCUT2D eigenvalue weighted by molar-refractivity contribution is 0.107. The maximum absolute atomic E-state index is 13.0. The van der Waals surface area contributed by atoms with Gasteiger partial charge in [0.1, 0.15) is 0 Å². The molecule has 0 rings (SSSR count). The van der Waals surface area contributed by atoms with Crippen molar-refractivity contribution in [3.63, 3.8) is 0 Å². The van der Waals surface area contributed by atoms with Crippen LogP contribution in [-0.2, 0) is 0 Å². The van der Waals surface area contributed by atoms with Crippen molar-refractivity contribution >= 4 is 23.8 Å². The number of hydrogen-bond acceptors (Lipinski definition) is 2. The molecule has 0 amide bonds. The molecule has 24 heavy (non-hydrogen) atoms. The first kappa shape index (κ1) is 22.5. The Morgan fingerprint density at radius 1 is 1.29 bits per heavy atom. The molecule has 0 radical (unpaired) electrons. The van der Waals surface area contributed by atoms with Crippen LogP contribution in [0.5, 0.6) is 0 Å². The summed E-state index contributed by atoms with van der Waals surface area (Å²) in [7, 11) is 1.54. The number of thioether (sulfide) groups is 1. The summed E-state index contributed by atoms with van der Waals surface area (Å²) in [6, 6.07) is 0. The number of allylic oxidation sites excluding steroid dienone is 4. The average molecular weight is 355 g/mol. The molecule has 2 nitrogen and oxygen atoms in total. The number of rotatable bonds is 8. The van der Waals surface area contributed by atoms with Crippen LogP contribution < -0.4 is 0 Å². The smallest absolute Gasteiger partial charge is 0.270 e. The Balaban J connectivity index is 5.58. The van der Waals surface area contributed by atoms with Crippen LogP contribution in [0.2, 0.25) is 0 Å². The van der Waals surface area contributed by atoms with Crippen molar-refractivity contribution in [2.75, 3.05) is 13.3 Å². The molecule has 0 spiro atoms. The molecule has 0 aromatic carbocycles. The Labute approximate surface area is 149 Å². The molecule has 0 aliphatic rings. The van der Waals surface area contributed by atoms with Crippen molar-refractivity contribution < 1.29 is 8.78 Å². The monoisotopic (exact) mass is 354 g/mol. The minimum atomic E-state index is -2.97. The average Bonchev–Trinajstić information content (AvgIpc) is 2.48. The van der Waals surface area contributed by atoms with Crippen LogP contribution in [0.25, 0.3) is 0 Å². The Kier molecular flexibility index (Phi) is 10.4. The van der Waals surface area contributed by atoms with Crippen LogP contribution in [0.15, 0.2) is 56.9 Å². The topological polar surface area (TPSA) is 24.7 Å². The lowest BCUT2D eigenvalue weighted by Gasteiger charge is -2.08. The molecule has 0 unspecified atom stereocenters. The van der Waals surface area contributed by atoms with Gasteiger partial charge in [0.15, 0.2) is 5.84 Å². The number of halogens is 2. The highest BCUT2D eigenvalue weighted by molar-refractivity contribution is 8.02. The lowest BCUT2D eigenvalue weighted by atomic mass is 10.1. The van der Waals surface area contributed by atoms with Crippen LogP contribution in [0.3, 0.4) is 0 Å². The van der Waals surface area contributed by atoms with Crippen LogP contribution in [-0.4, -0.2) is 31.3 Å². The fourth-order valence-corrected chi connectivity index (χ4v) is 2.47. The van der Waals surface area contributed by atoms with Gasteiger partial charge in [0, 0.05) is 24.4 Å². The van der Waals surface area contributed by atoms with E-state index in [0.717, 1.165) is 23.8 Å². The summed E-state index contributed by atoms with van der Waals surface area (Å²) >= 11 is 1.63. The summed E-state index contributed by atoms with van der Waals surface area (Å²) in [5.41, 5.74) is 1.57. The van der Waals surface area contributed by atoms with Gasteiger partial charge in [-0.15, -0.1) is 11.8 Å². The quantitative estimate of drug-likeness (QED) is 0.294. The molecule has 0 aromatic heterocycles. The van der Waals surface area contributed by atoms with E-state index in [9.17, 15) is 8.78 Å². The molecule has 0 atom stereocenters. The Morgan fingerprint density at radius 2 is 1.92 bits per heavy atom. The second kappa shape index (κ2) is 11.1. The van der Waals surface area contributed by atoms with Crippen molar-refractivity contribution in [1.29, 1.82) is 0 Å². The number of hydrogen-bond donors (Lipinski definition) is 0. The summed E-state index contributed by atoms with van der Waals surface area (Å²) < 4.78 is 26.1. The molecular weight excluding hydrogens is 326 g/mol. The van der Waals surface area contributed by atoms with Gasteiger partial charge < -0.3 is 0 Å². The van der Waals surface area contributed by atoms with Crippen LogP contribution in [0.4, 0.5) is 8.78 Å². The van der Waals surface area contributed by atoms with Crippen LogP contribution in [0, 0.1) is 5.92 Å². The largest absolute Gasteiger partial charge is 0.280 e. The fourth-order valence-electron chi connectivity index (χ4n) is 1.80. The number of aliphatic imine (C=N–C) groups is 2. The second-order valence-corrected chi connectivity index (χ2v) is 6.52. The molecule has 5 heteroatoms. The van der Waals surface area contributed by atoms with Gasteiger partial charge in [0.25, 0.3) is 5.92 Å². The van der Waals surface area contributed by atoms with Crippen LogP contribution >= 0.6 is 11.8 Å². The van der Waals surface area contributed by atoms with Gasteiger partial charge in [0.05, 0.1) is 6.21 Å². The molecule has 0 aliphatic carbocycles. The van der Waals surface area contributed by atoms with Gasteiger partial charge in [-0.2, -0.15) is 0 Å². The fraction of sp³-hybridized carbons (Fsp3) is 0.474. The van der Waals surface area contributed by atoms with Crippen molar-refractivity contribution in [3.8, 4) is 0 Å². The van der Waals surface area contributed by atoms with Gasteiger partial charge >= 0.3 is 0 Å². The highest BCUT2D eigenvalue weighted by Gasteiger charge is 2.17. The molecule has 134 valence electrons. The van der Waals surface area contributed by atoms with Crippen LogP contribution in [0.1, 0.15) is 34.1 Å². The molecule has 0 aromatic rings. The molecule has 0 heterocycles. The van der Waals surface area contributed by atoms with E-state index in [0.29, 0.717) is 11.8 Å². The van der Waals surface area contributed by atoms with Gasteiger partial charge in [-0.1, -0.05) is 51.7 Å². The standard InChI is InChI=1S/C19H28F2N2S/c1-8-9-17(24-7)15(4)10-11-16(12-14(2)3)18(22-6)23-13-19(5,20)21/h9-14H,4,8H2,1-3,5-7H3/b11-10-,16-12+,17-9?,22-18?,23-13?. The lowest BCUT2D eigenvalue weighted by Crippen LogP contribution is -2.13. The predicted molar refractivity (Wildman–Crippen MR) is 106 cm³/mol. The first-order chi connectivity index (χ1) is 11.1. The number of amidine groups is 1. The Hall–Kier alpha value is -1.49. The summed E-state index contributed by atoms with van der Waals surface area (Å²) in [4.78, 5) is 8.99. The number of alkyl halides is 2. The minimum absolute atomic E-state index is 0.234. The van der Waals surface area contributed by atoms with Crippen molar-refractivity contribution in [1.82, 2.24) is 0 Å². The van der Waals surface area contributed by atoms with E-state index in [1.54, 1.807) is 18.8 Å². The van der Waals surface area contributed by atoms with Gasteiger partial charge in [-0.3, -0.25) is 4.99 Å². The van der Waals surface area contributed by atoms with Gasteiger partial charge in [-0.05, 0) is 24.2 Å². The van der Waals surface area contributed by atoms with E-state index in [2.05, 4.69) is 29.6 Å². The molecule has 0 aliphatic heterocycles. The SMILES string of the molecule is C=C(/C=C\C(=C/C(C)C)C(N=CC(C)(F)F)=NC)C(=CCC)SC. The summed E-state index contributed by atoms with van der Waals surface area (Å²) in [5, 5.41) is 0. The van der Waals surface area contributed by atoms with E-state index >= 15 is 0 Å². The summed E-state index contributed by atoms with van der Waals surface area (Å²) in [5.74, 6) is -2.46. The van der Waals surface area contributed by atoms with Gasteiger partial charge in [0.2, 0.25) is 0 Å². The normalized spacial score (nSPS) is 15.1. The van der Waals surface area contributed by atoms with E-state index < -0.39 is 5.92 Å². The Morgan fingerprint density at radius 3 is 2.33 bits per heavy atom. The first-order valence-corrected chi connectivity index (χ1v) is 9.10. The molecule has 0 saturated heterocycles. The molecular formula is C19H28F2N2S. The zero-order valence-electron chi connectivity index (χ0n) is 15.4. The molecule has 0 N–H and O–H groups in total. The molecule has 0 saturated carbocycles. The highest BCUT2D eigenvalue weighted by atomic mass is 32.2. The maximum atomic E-state index is 13.0. The first-order valence-electron chi connectivity index (χ1n) is 7.88. The second-order valence-electron chi connectivity index (χ2n) is 5.67. The molecule has 0 bridgehead atoms. The molecule has 0 fully saturated rings. The predicted octanol–water partition coefficient (Wildman–Crippen LogP) is 6.09. The third kappa shape index (κ3) is 9.60. The zero-order valence-corrected chi connectivity index (χ0v) is 16.3. The van der Waals surface area contributed by atoms with Crippen molar-refractivity contribution in [2.24, 2.45) is 15.9 Å². The van der Waals surface area contributed by atoms with Gasteiger partial charge in [-0.25, -0.2) is 13.8 Å². The van der Waals surface area contributed by atoms with E-state index in [-0.39, 0.29) is 11.8 Å². The minimum Gasteiger partial charge on any atom is -0.270 e. The van der Waals surface area contributed by atoms with Crippen molar-refractivity contribution in [2.45, 2.75) is 40.0 Å². The maximum Gasteiger partial charge on any atom is 0.280 e. The van der Waals surface area contributed by atoms with E-state index in [1.165, 1.54) is 0 Å². The van der Waals surface area contributed by atoms with E-state index in [4.69, 9.17) is 0 Å². The summed E-state index contributed by atoms with van der Waals surface area (Å²) in [6.45, 7) is 11.0. The number of nitrogens with zero attached hydrogens (tertiary/aromatic N) is 2.